The second-order valence-electron chi connectivity index (χ2n) is 6.19. The number of hydrogen-bond acceptors (Lipinski definition) is 4. The summed E-state index contributed by atoms with van der Waals surface area (Å²) >= 11 is 0. The molecule has 0 heterocycles. The largest absolute Gasteiger partial charge is 0.462 e. The number of carbonyl (C=O) groups excluding carboxylic acids is 2. The summed E-state index contributed by atoms with van der Waals surface area (Å²) in [5, 5.41) is 0. The highest BCUT2D eigenvalue weighted by Crippen LogP contribution is 2.17. The van der Waals surface area contributed by atoms with E-state index in [9.17, 15) is 9.59 Å². The van der Waals surface area contributed by atoms with E-state index >= 15 is 0 Å². The van der Waals surface area contributed by atoms with Gasteiger partial charge in [-0.2, -0.15) is 0 Å². The van der Waals surface area contributed by atoms with E-state index in [1.807, 2.05) is 34.6 Å². The van der Waals surface area contributed by atoms with Crippen LogP contribution in [-0.2, 0) is 19.1 Å². The average molecular weight is 298 g/mol. The molecule has 4 heteroatoms. The predicted octanol–water partition coefficient (Wildman–Crippen LogP) is 3.89. The lowest BCUT2D eigenvalue weighted by Crippen LogP contribution is -2.18. The minimum absolute atomic E-state index is 0.272. The molecule has 0 unspecified atom stereocenters. The van der Waals surface area contributed by atoms with E-state index in [-0.39, 0.29) is 11.8 Å². The molecular formula is C17H30O4. The monoisotopic (exact) mass is 298 g/mol. The Morgan fingerprint density at radius 2 is 1.38 bits per heavy atom. The van der Waals surface area contributed by atoms with Gasteiger partial charge in [0.25, 0.3) is 0 Å². The molecule has 0 aliphatic heterocycles. The molecule has 0 N–H and O–H groups in total. The van der Waals surface area contributed by atoms with Gasteiger partial charge in [0.05, 0.1) is 13.2 Å². The van der Waals surface area contributed by atoms with Crippen LogP contribution in [-0.4, -0.2) is 25.2 Å². The van der Waals surface area contributed by atoms with E-state index in [1.165, 1.54) is 0 Å². The van der Waals surface area contributed by atoms with Gasteiger partial charge in [0.15, 0.2) is 0 Å². The van der Waals surface area contributed by atoms with Crippen LogP contribution in [0.2, 0.25) is 0 Å². The lowest BCUT2D eigenvalue weighted by Gasteiger charge is -2.13. The maximum atomic E-state index is 12.1. The molecule has 0 atom stereocenters. The van der Waals surface area contributed by atoms with Crippen molar-refractivity contribution in [2.24, 2.45) is 11.8 Å². The Balaban J connectivity index is 4.93. The van der Waals surface area contributed by atoms with Crippen molar-refractivity contribution in [3.8, 4) is 0 Å². The first-order valence-electron chi connectivity index (χ1n) is 7.83. The van der Waals surface area contributed by atoms with Crippen LogP contribution in [0.5, 0.6) is 0 Å². The van der Waals surface area contributed by atoms with Gasteiger partial charge in [-0.3, -0.25) is 0 Å². The van der Waals surface area contributed by atoms with Gasteiger partial charge in [-0.1, -0.05) is 41.0 Å². The third-order valence-corrected chi connectivity index (χ3v) is 2.88. The molecular weight excluding hydrogens is 268 g/mol. The molecule has 0 aliphatic carbocycles. The highest BCUT2D eigenvalue weighted by Gasteiger charge is 2.20. The van der Waals surface area contributed by atoms with E-state index in [1.54, 1.807) is 6.92 Å². The third kappa shape index (κ3) is 8.53. The van der Waals surface area contributed by atoms with Crippen LogP contribution in [0.1, 0.15) is 60.8 Å². The zero-order chi connectivity index (χ0) is 16.4. The van der Waals surface area contributed by atoms with Crippen molar-refractivity contribution in [3.63, 3.8) is 0 Å². The molecule has 0 aromatic carbocycles. The number of hydrogen-bond donors (Lipinski definition) is 0. The summed E-state index contributed by atoms with van der Waals surface area (Å²) in [7, 11) is 0. The van der Waals surface area contributed by atoms with Crippen molar-refractivity contribution in [2.75, 3.05) is 13.2 Å². The highest BCUT2D eigenvalue weighted by atomic mass is 16.5. The zero-order valence-corrected chi connectivity index (χ0v) is 14.3. The second kappa shape index (κ2) is 10.4. The van der Waals surface area contributed by atoms with Crippen LogP contribution < -0.4 is 0 Å². The van der Waals surface area contributed by atoms with Crippen molar-refractivity contribution in [3.05, 3.63) is 11.1 Å². The summed E-state index contributed by atoms with van der Waals surface area (Å²) < 4.78 is 10.5. The first-order chi connectivity index (χ1) is 9.79. The van der Waals surface area contributed by atoms with Gasteiger partial charge in [0, 0.05) is 11.1 Å². The first kappa shape index (κ1) is 19.7. The van der Waals surface area contributed by atoms with Gasteiger partial charge in [-0.25, -0.2) is 9.59 Å². The van der Waals surface area contributed by atoms with Gasteiger partial charge in [-0.05, 0) is 31.6 Å². The molecule has 0 rings (SSSR count). The third-order valence-electron chi connectivity index (χ3n) is 2.88. The van der Waals surface area contributed by atoms with Crippen molar-refractivity contribution >= 4 is 11.9 Å². The van der Waals surface area contributed by atoms with E-state index in [0.717, 1.165) is 12.8 Å². The number of carbonyl (C=O) groups is 2. The van der Waals surface area contributed by atoms with Crippen LogP contribution in [0.25, 0.3) is 0 Å². The molecule has 0 amide bonds. The molecule has 0 aromatic rings. The SMILES string of the molecule is CCCC/C(C(=O)OCC(C)C)=C(\C)C(=O)OCC(C)C. The predicted molar refractivity (Wildman–Crippen MR) is 83.8 cm³/mol. The van der Waals surface area contributed by atoms with Crippen LogP contribution >= 0.6 is 0 Å². The van der Waals surface area contributed by atoms with Gasteiger partial charge < -0.3 is 9.47 Å². The summed E-state index contributed by atoms with van der Waals surface area (Å²) in [6.07, 6.45) is 2.35. The molecule has 21 heavy (non-hydrogen) atoms. The van der Waals surface area contributed by atoms with Gasteiger partial charge in [0.2, 0.25) is 0 Å². The summed E-state index contributed by atoms with van der Waals surface area (Å²) in [6.45, 7) is 12.3. The fourth-order valence-corrected chi connectivity index (χ4v) is 1.60. The molecule has 122 valence electrons. The second-order valence-corrected chi connectivity index (χ2v) is 6.19. The van der Waals surface area contributed by atoms with E-state index < -0.39 is 11.9 Å². The van der Waals surface area contributed by atoms with Crippen molar-refractivity contribution in [2.45, 2.75) is 60.8 Å². The molecule has 0 radical (unpaired) electrons. The normalized spacial score (nSPS) is 12.4. The van der Waals surface area contributed by atoms with Crippen LogP contribution in [0.15, 0.2) is 11.1 Å². The Labute approximate surface area is 128 Å². The number of ether oxygens (including phenoxy) is 2. The molecule has 0 spiro atoms. The maximum Gasteiger partial charge on any atom is 0.334 e. The highest BCUT2D eigenvalue weighted by molar-refractivity contribution is 5.99. The van der Waals surface area contributed by atoms with Crippen LogP contribution in [0.3, 0.4) is 0 Å². The van der Waals surface area contributed by atoms with Crippen molar-refractivity contribution < 1.29 is 19.1 Å². The smallest absolute Gasteiger partial charge is 0.334 e. The topological polar surface area (TPSA) is 52.6 Å². The Hall–Kier alpha value is -1.32. The molecule has 0 saturated carbocycles. The van der Waals surface area contributed by atoms with Gasteiger partial charge in [0.1, 0.15) is 0 Å². The Morgan fingerprint density at radius 1 is 0.905 bits per heavy atom. The minimum atomic E-state index is -0.420. The molecule has 0 saturated heterocycles. The zero-order valence-electron chi connectivity index (χ0n) is 14.3. The lowest BCUT2D eigenvalue weighted by molar-refractivity contribution is -0.143. The summed E-state index contributed by atoms with van der Waals surface area (Å²) in [6, 6.07) is 0. The van der Waals surface area contributed by atoms with Gasteiger partial charge in [-0.15, -0.1) is 0 Å². The molecule has 0 aliphatic rings. The van der Waals surface area contributed by atoms with Crippen molar-refractivity contribution in [1.82, 2.24) is 0 Å². The van der Waals surface area contributed by atoms with E-state index in [2.05, 4.69) is 0 Å². The summed E-state index contributed by atoms with van der Waals surface area (Å²) in [5.74, 6) is -0.268. The van der Waals surface area contributed by atoms with Gasteiger partial charge >= 0.3 is 11.9 Å². The van der Waals surface area contributed by atoms with Crippen LogP contribution in [0.4, 0.5) is 0 Å². The number of esters is 2. The molecule has 0 bridgehead atoms. The quantitative estimate of drug-likeness (QED) is 0.478. The van der Waals surface area contributed by atoms with Crippen LogP contribution in [0, 0.1) is 11.8 Å². The first-order valence-corrected chi connectivity index (χ1v) is 7.83. The Morgan fingerprint density at radius 3 is 1.81 bits per heavy atom. The van der Waals surface area contributed by atoms with E-state index in [0.29, 0.717) is 30.8 Å². The molecule has 0 fully saturated rings. The van der Waals surface area contributed by atoms with E-state index in [4.69, 9.17) is 9.47 Å². The fourth-order valence-electron chi connectivity index (χ4n) is 1.60. The molecule has 0 aromatic heterocycles. The number of rotatable bonds is 9. The molecule has 4 nitrogen and oxygen atoms in total. The summed E-state index contributed by atoms with van der Waals surface area (Å²) in [5.41, 5.74) is 0.823. The average Bonchev–Trinajstić information content (AvgIpc) is 2.42. The standard InChI is InChI=1S/C17H30O4/c1-7-8-9-15(17(19)21-11-13(4)5)14(6)16(18)20-10-12(2)3/h12-13H,7-11H2,1-6H3/b15-14-. The Bertz CT molecular complexity index is 367. The fraction of sp³-hybridized carbons (Fsp3) is 0.765. The maximum absolute atomic E-state index is 12.1. The lowest BCUT2D eigenvalue weighted by atomic mass is 10.0. The van der Waals surface area contributed by atoms with Crippen molar-refractivity contribution in [1.29, 1.82) is 0 Å². The minimum Gasteiger partial charge on any atom is -0.462 e. The number of unbranched alkanes of at least 4 members (excludes halogenated alkanes) is 1. The Kier molecular flexibility index (Phi) is 9.76. The summed E-state index contributed by atoms with van der Waals surface area (Å²) in [4.78, 5) is 24.2.